The number of nitrogens with zero attached hydrogens (tertiary/aromatic N) is 1. The summed E-state index contributed by atoms with van der Waals surface area (Å²) in [5, 5.41) is 15.1. The molecule has 0 bridgehead atoms. The Balaban J connectivity index is 1.17. The Morgan fingerprint density at radius 2 is 1.50 bits per heavy atom. The van der Waals surface area contributed by atoms with E-state index >= 15 is 0 Å². The highest BCUT2D eigenvalue weighted by Crippen LogP contribution is 2.44. The molecule has 1 atom stereocenters. The van der Waals surface area contributed by atoms with Gasteiger partial charge < -0.3 is 29.7 Å². The molecule has 0 aliphatic heterocycles. The van der Waals surface area contributed by atoms with Gasteiger partial charge in [0, 0.05) is 18.8 Å². The van der Waals surface area contributed by atoms with Crippen molar-refractivity contribution in [2.24, 2.45) is 0 Å². The summed E-state index contributed by atoms with van der Waals surface area (Å²) < 4.78 is 12.2. The molecular formula is C35H44N3O6+. The van der Waals surface area contributed by atoms with E-state index in [-0.39, 0.29) is 24.9 Å². The molecule has 0 fully saturated rings. The van der Waals surface area contributed by atoms with Crippen LogP contribution in [0.5, 0.6) is 5.75 Å². The standard InChI is InChI=1S/C35H43N3O6/c1-38(2,3)21-10-4-5-15-33(39)36-20-22-43-26-18-16-25(17-19-26)23-32(34(40)41)37-35(42)44-24-31-29-13-8-6-11-27(29)28-12-7-9-14-30(28)31/h6-9,11-14,16-19,31-32H,4-5,10,15,20-24H2,1-3H3,(H2-,36,37,39,40,41,42)/p+1/t32-/m0/s1. The van der Waals surface area contributed by atoms with Gasteiger partial charge in [-0.1, -0.05) is 60.7 Å². The van der Waals surface area contributed by atoms with Crippen LogP contribution in [0, 0.1) is 0 Å². The predicted octanol–water partition coefficient (Wildman–Crippen LogP) is 4.98. The summed E-state index contributed by atoms with van der Waals surface area (Å²) in [5.41, 5.74) is 5.14. The molecule has 1 aliphatic carbocycles. The van der Waals surface area contributed by atoms with Crippen molar-refractivity contribution in [2.75, 3.05) is 47.4 Å². The average Bonchev–Trinajstić information content (AvgIpc) is 3.31. The summed E-state index contributed by atoms with van der Waals surface area (Å²) in [7, 11) is 6.50. The highest BCUT2D eigenvalue weighted by atomic mass is 16.5. The molecule has 2 amide bonds. The number of hydrogen-bond acceptors (Lipinski definition) is 5. The third kappa shape index (κ3) is 9.57. The summed E-state index contributed by atoms with van der Waals surface area (Å²) in [6.45, 7) is 1.94. The van der Waals surface area contributed by atoms with Crippen LogP contribution in [0.1, 0.15) is 48.3 Å². The number of carbonyl (C=O) groups excluding carboxylic acids is 2. The zero-order chi connectivity index (χ0) is 31.5. The number of aliphatic carboxylic acids is 1. The van der Waals surface area contributed by atoms with Gasteiger partial charge in [0.05, 0.1) is 34.2 Å². The molecule has 3 N–H and O–H groups in total. The van der Waals surface area contributed by atoms with Gasteiger partial charge in [0.25, 0.3) is 0 Å². The first-order chi connectivity index (χ1) is 21.1. The number of carboxylic acids is 1. The van der Waals surface area contributed by atoms with Crippen LogP contribution in [0.15, 0.2) is 72.8 Å². The molecule has 9 nitrogen and oxygen atoms in total. The van der Waals surface area contributed by atoms with Crippen LogP contribution in [0.4, 0.5) is 4.79 Å². The number of alkyl carbamates (subject to hydrolysis) is 1. The molecular weight excluding hydrogens is 558 g/mol. The first-order valence-electron chi connectivity index (χ1n) is 15.2. The van der Waals surface area contributed by atoms with Gasteiger partial charge in [-0.15, -0.1) is 0 Å². The third-order valence-corrected chi connectivity index (χ3v) is 7.72. The molecule has 0 spiro atoms. The molecule has 44 heavy (non-hydrogen) atoms. The minimum atomic E-state index is -1.15. The van der Waals surface area contributed by atoms with Crippen molar-refractivity contribution < 1.29 is 33.4 Å². The SMILES string of the molecule is C[N+](C)(C)CCCCCC(=O)NCCOc1ccc(C[C@H](NC(=O)OCC2c3ccccc3-c3ccccc32)C(=O)O)cc1. The van der Waals surface area contributed by atoms with E-state index in [1.54, 1.807) is 24.3 Å². The number of hydrogen-bond donors (Lipinski definition) is 3. The first kappa shape index (κ1) is 32.5. The topological polar surface area (TPSA) is 114 Å². The number of carboxylic acid groups (broad SMARTS) is 1. The van der Waals surface area contributed by atoms with E-state index in [0.29, 0.717) is 25.3 Å². The van der Waals surface area contributed by atoms with Crippen LogP contribution in [-0.4, -0.2) is 81.0 Å². The van der Waals surface area contributed by atoms with Crippen molar-refractivity contribution in [3.05, 3.63) is 89.5 Å². The summed E-state index contributed by atoms with van der Waals surface area (Å²) in [5.74, 6) is -0.624. The largest absolute Gasteiger partial charge is 0.492 e. The summed E-state index contributed by atoms with van der Waals surface area (Å²) in [6, 6.07) is 21.9. The fourth-order valence-electron chi connectivity index (χ4n) is 5.44. The molecule has 3 aromatic carbocycles. The van der Waals surface area contributed by atoms with Crippen molar-refractivity contribution in [3.8, 4) is 16.9 Å². The first-order valence-corrected chi connectivity index (χ1v) is 15.2. The average molecular weight is 603 g/mol. The number of amides is 2. The molecule has 3 aromatic rings. The van der Waals surface area contributed by atoms with Gasteiger partial charge in [-0.25, -0.2) is 9.59 Å². The number of nitrogens with one attached hydrogen (secondary N) is 2. The monoisotopic (exact) mass is 602 g/mol. The second kappa shape index (κ2) is 15.4. The Hall–Kier alpha value is -4.37. The number of carbonyl (C=O) groups is 3. The minimum absolute atomic E-state index is 0.0257. The molecule has 0 unspecified atom stereocenters. The van der Waals surface area contributed by atoms with Crippen LogP contribution >= 0.6 is 0 Å². The maximum atomic E-state index is 12.7. The molecule has 234 valence electrons. The molecule has 1 aliphatic rings. The molecule has 4 rings (SSSR count). The zero-order valence-electron chi connectivity index (χ0n) is 25.9. The van der Waals surface area contributed by atoms with Gasteiger partial charge >= 0.3 is 12.1 Å². The van der Waals surface area contributed by atoms with Gasteiger partial charge in [0.1, 0.15) is 25.0 Å². The molecule has 0 aromatic heterocycles. The fraction of sp³-hybridized carbons (Fsp3) is 0.400. The third-order valence-electron chi connectivity index (χ3n) is 7.72. The molecule has 0 saturated heterocycles. The highest BCUT2D eigenvalue weighted by molar-refractivity contribution is 5.81. The van der Waals surface area contributed by atoms with Gasteiger partial charge in [-0.2, -0.15) is 0 Å². The number of rotatable bonds is 16. The predicted molar refractivity (Wildman–Crippen MR) is 170 cm³/mol. The lowest BCUT2D eigenvalue weighted by Crippen LogP contribution is -2.42. The zero-order valence-corrected chi connectivity index (χ0v) is 25.9. The van der Waals surface area contributed by atoms with Crippen molar-refractivity contribution >= 4 is 18.0 Å². The van der Waals surface area contributed by atoms with E-state index in [9.17, 15) is 19.5 Å². The Bertz CT molecular complexity index is 1370. The molecule has 0 saturated carbocycles. The Morgan fingerprint density at radius 1 is 0.864 bits per heavy atom. The number of fused-ring (bicyclic) bond motifs is 3. The quantitative estimate of drug-likeness (QED) is 0.157. The van der Waals surface area contributed by atoms with Crippen LogP contribution in [0.2, 0.25) is 0 Å². The Kier molecular flexibility index (Phi) is 11.4. The van der Waals surface area contributed by atoms with E-state index < -0.39 is 18.1 Å². The van der Waals surface area contributed by atoms with Crippen molar-refractivity contribution in [1.29, 1.82) is 0 Å². The van der Waals surface area contributed by atoms with E-state index in [2.05, 4.69) is 43.9 Å². The van der Waals surface area contributed by atoms with Gasteiger partial charge in [-0.3, -0.25) is 4.79 Å². The number of benzene rings is 3. The van der Waals surface area contributed by atoms with Gasteiger partial charge in [-0.05, 0) is 59.2 Å². The fourth-order valence-corrected chi connectivity index (χ4v) is 5.44. The lowest BCUT2D eigenvalue weighted by atomic mass is 9.98. The second-order valence-corrected chi connectivity index (χ2v) is 12.2. The van der Waals surface area contributed by atoms with Crippen molar-refractivity contribution in [2.45, 2.75) is 44.1 Å². The molecule has 0 radical (unpaired) electrons. The van der Waals surface area contributed by atoms with E-state index in [4.69, 9.17) is 9.47 Å². The van der Waals surface area contributed by atoms with Gasteiger partial charge in [0.2, 0.25) is 5.91 Å². The van der Waals surface area contributed by atoms with Gasteiger partial charge in [0.15, 0.2) is 0 Å². The van der Waals surface area contributed by atoms with Crippen LogP contribution < -0.4 is 15.4 Å². The molecule has 9 heteroatoms. The maximum absolute atomic E-state index is 12.7. The Labute approximate surface area is 259 Å². The second-order valence-electron chi connectivity index (χ2n) is 12.2. The summed E-state index contributed by atoms with van der Waals surface area (Å²) in [6.07, 6.45) is 2.85. The van der Waals surface area contributed by atoms with Crippen molar-refractivity contribution in [1.82, 2.24) is 10.6 Å². The molecule has 0 heterocycles. The number of unbranched alkanes of at least 4 members (excludes halogenated alkanes) is 2. The smallest absolute Gasteiger partial charge is 0.407 e. The number of quaternary nitrogens is 1. The van der Waals surface area contributed by atoms with E-state index in [1.807, 2.05) is 36.4 Å². The summed E-state index contributed by atoms with van der Waals surface area (Å²) in [4.78, 5) is 36.6. The van der Waals surface area contributed by atoms with Crippen LogP contribution in [0.3, 0.4) is 0 Å². The van der Waals surface area contributed by atoms with E-state index in [1.165, 1.54) is 0 Å². The summed E-state index contributed by atoms with van der Waals surface area (Å²) >= 11 is 0. The van der Waals surface area contributed by atoms with Crippen LogP contribution in [0.25, 0.3) is 11.1 Å². The lowest BCUT2D eigenvalue weighted by Gasteiger charge is -2.23. The number of ether oxygens (including phenoxy) is 2. The highest BCUT2D eigenvalue weighted by Gasteiger charge is 2.29. The lowest BCUT2D eigenvalue weighted by molar-refractivity contribution is -0.870. The minimum Gasteiger partial charge on any atom is -0.492 e. The van der Waals surface area contributed by atoms with Crippen LogP contribution in [-0.2, 0) is 20.7 Å². The normalized spacial score (nSPS) is 13.0. The Morgan fingerprint density at radius 3 is 2.11 bits per heavy atom. The maximum Gasteiger partial charge on any atom is 0.407 e. The van der Waals surface area contributed by atoms with Crippen molar-refractivity contribution in [3.63, 3.8) is 0 Å². The van der Waals surface area contributed by atoms with E-state index in [0.717, 1.165) is 58.1 Å².